The molecule has 2 aromatic carbocycles. The van der Waals surface area contributed by atoms with Crippen LogP contribution in [0.1, 0.15) is 0 Å². The lowest BCUT2D eigenvalue weighted by Gasteiger charge is -2.06. The van der Waals surface area contributed by atoms with Crippen molar-refractivity contribution in [3.8, 4) is 11.1 Å². The van der Waals surface area contributed by atoms with E-state index in [-0.39, 0.29) is 0 Å². The van der Waals surface area contributed by atoms with Crippen LogP contribution in [0.5, 0.6) is 0 Å². The molecule has 3 heteroatoms. The molecule has 1 N–H and O–H groups in total. The lowest BCUT2D eigenvalue weighted by molar-refractivity contribution is 1.48. The summed E-state index contributed by atoms with van der Waals surface area (Å²) in [4.78, 5) is 3.19. The van der Waals surface area contributed by atoms with Crippen molar-refractivity contribution < 1.29 is 0 Å². The topological polar surface area (TPSA) is 15.8 Å². The highest BCUT2D eigenvalue weighted by Crippen LogP contribution is 2.34. The molecule has 1 nitrogen and oxygen atoms in total. The number of nitrogens with one attached hydrogen (secondary N) is 1. The summed E-state index contributed by atoms with van der Waals surface area (Å²) >= 11 is 12.1. The number of aromatic amines is 1. The highest BCUT2D eigenvalue weighted by molar-refractivity contribution is 6.36. The van der Waals surface area contributed by atoms with Gasteiger partial charge in [0.1, 0.15) is 0 Å². The second kappa shape index (κ2) is 4.10. The molecular formula is C14H9Cl2N. The van der Waals surface area contributed by atoms with Gasteiger partial charge in [0.25, 0.3) is 0 Å². The number of fused-ring (bicyclic) bond motifs is 1. The van der Waals surface area contributed by atoms with E-state index in [2.05, 4.69) is 17.1 Å². The number of benzene rings is 2. The van der Waals surface area contributed by atoms with Crippen LogP contribution in [-0.4, -0.2) is 4.98 Å². The zero-order valence-electron chi connectivity index (χ0n) is 8.87. The number of halogens is 2. The van der Waals surface area contributed by atoms with Crippen LogP contribution in [-0.2, 0) is 0 Å². The van der Waals surface area contributed by atoms with E-state index < -0.39 is 0 Å². The summed E-state index contributed by atoms with van der Waals surface area (Å²) in [5.74, 6) is 0. The molecule has 0 amide bonds. The van der Waals surface area contributed by atoms with Gasteiger partial charge in [-0.25, -0.2) is 0 Å². The Labute approximate surface area is 109 Å². The zero-order chi connectivity index (χ0) is 11.8. The molecule has 0 saturated carbocycles. The second-order valence-corrected chi connectivity index (χ2v) is 4.71. The van der Waals surface area contributed by atoms with Crippen LogP contribution in [0.25, 0.3) is 22.0 Å². The summed E-state index contributed by atoms with van der Waals surface area (Å²) in [6.07, 6.45) is 1.93. The molecule has 3 rings (SSSR count). The van der Waals surface area contributed by atoms with Gasteiger partial charge in [-0.1, -0.05) is 41.4 Å². The SMILES string of the molecule is Clc1ccc(-c2cccc3[nH]ccc23)c(Cl)c1. The molecule has 0 aliphatic rings. The van der Waals surface area contributed by atoms with Crippen molar-refractivity contribution in [3.63, 3.8) is 0 Å². The summed E-state index contributed by atoms with van der Waals surface area (Å²) in [7, 11) is 0. The van der Waals surface area contributed by atoms with Crippen LogP contribution in [0.15, 0.2) is 48.7 Å². The minimum absolute atomic E-state index is 0.653. The van der Waals surface area contributed by atoms with E-state index in [4.69, 9.17) is 23.2 Å². The first-order chi connectivity index (χ1) is 8.25. The predicted octanol–water partition coefficient (Wildman–Crippen LogP) is 5.14. The van der Waals surface area contributed by atoms with E-state index in [0.717, 1.165) is 22.0 Å². The number of hydrogen-bond acceptors (Lipinski definition) is 0. The molecule has 0 spiro atoms. The molecule has 0 bridgehead atoms. The Morgan fingerprint density at radius 1 is 0.882 bits per heavy atom. The Morgan fingerprint density at radius 2 is 1.76 bits per heavy atom. The lowest BCUT2D eigenvalue weighted by atomic mass is 10.0. The number of H-pyrrole nitrogens is 1. The molecule has 84 valence electrons. The predicted molar refractivity (Wildman–Crippen MR) is 73.8 cm³/mol. The molecule has 1 heterocycles. The molecule has 17 heavy (non-hydrogen) atoms. The maximum Gasteiger partial charge on any atom is 0.0499 e. The Hall–Kier alpha value is -1.44. The van der Waals surface area contributed by atoms with Crippen molar-refractivity contribution >= 4 is 34.1 Å². The molecule has 0 aliphatic heterocycles. The van der Waals surface area contributed by atoms with Crippen LogP contribution < -0.4 is 0 Å². The summed E-state index contributed by atoms with van der Waals surface area (Å²) < 4.78 is 0. The number of hydrogen-bond donors (Lipinski definition) is 1. The van der Waals surface area contributed by atoms with Crippen molar-refractivity contribution in [2.24, 2.45) is 0 Å². The average molecular weight is 262 g/mol. The van der Waals surface area contributed by atoms with Gasteiger partial charge in [-0.15, -0.1) is 0 Å². The molecule has 0 unspecified atom stereocenters. The van der Waals surface area contributed by atoms with Crippen molar-refractivity contribution in [2.45, 2.75) is 0 Å². The standard InChI is InChI=1S/C14H9Cl2N/c15-9-4-5-11(13(16)8-9)10-2-1-3-14-12(10)6-7-17-14/h1-8,17H. The smallest absolute Gasteiger partial charge is 0.0499 e. The normalized spacial score (nSPS) is 10.9. The Kier molecular flexibility index (Phi) is 2.58. The Balaban J connectivity index is 2.30. The maximum absolute atomic E-state index is 6.24. The largest absolute Gasteiger partial charge is 0.361 e. The van der Waals surface area contributed by atoms with Crippen molar-refractivity contribution in [1.29, 1.82) is 0 Å². The highest BCUT2D eigenvalue weighted by atomic mass is 35.5. The minimum Gasteiger partial charge on any atom is -0.361 e. The summed E-state index contributed by atoms with van der Waals surface area (Å²) in [5.41, 5.74) is 3.22. The zero-order valence-corrected chi connectivity index (χ0v) is 10.4. The molecule has 0 radical (unpaired) electrons. The van der Waals surface area contributed by atoms with Gasteiger partial charge in [0.15, 0.2) is 0 Å². The lowest BCUT2D eigenvalue weighted by Crippen LogP contribution is -1.81. The molecule has 0 saturated heterocycles. The van der Waals surface area contributed by atoms with E-state index in [9.17, 15) is 0 Å². The van der Waals surface area contributed by atoms with E-state index in [1.807, 2.05) is 30.5 Å². The highest BCUT2D eigenvalue weighted by Gasteiger charge is 2.08. The van der Waals surface area contributed by atoms with Gasteiger partial charge in [-0.3, -0.25) is 0 Å². The maximum atomic E-state index is 6.24. The summed E-state index contributed by atoms with van der Waals surface area (Å²) in [5, 5.41) is 2.49. The molecule has 3 aromatic rings. The van der Waals surface area contributed by atoms with Gasteiger partial charge >= 0.3 is 0 Å². The van der Waals surface area contributed by atoms with Crippen LogP contribution in [0, 0.1) is 0 Å². The monoisotopic (exact) mass is 261 g/mol. The van der Waals surface area contributed by atoms with Gasteiger partial charge in [0.05, 0.1) is 0 Å². The quantitative estimate of drug-likeness (QED) is 0.624. The van der Waals surface area contributed by atoms with Crippen LogP contribution in [0.2, 0.25) is 10.0 Å². The first kappa shape index (κ1) is 10.7. The molecule has 0 fully saturated rings. The summed E-state index contributed by atoms with van der Waals surface area (Å²) in [6, 6.07) is 13.7. The van der Waals surface area contributed by atoms with E-state index in [1.165, 1.54) is 0 Å². The van der Waals surface area contributed by atoms with Crippen LogP contribution >= 0.6 is 23.2 Å². The van der Waals surface area contributed by atoms with Crippen molar-refractivity contribution in [2.75, 3.05) is 0 Å². The van der Waals surface area contributed by atoms with Crippen LogP contribution in [0.3, 0.4) is 0 Å². The van der Waals surface area contributed by atoms with Crippen molar-refractivity contribution in [1.82, 2.24) is 4.98 Å². The van der Waals surface area contributed by atoms with E-state index in [1.54, 1.807) is 6.07 Å². The first-order valence-corrected chi connectivity index (χ1v) is 6.03. The average Bonchev–Trinajstić information content (AvgIpc) is 2.77. The molecule has 1 aromatic heterocycles. The van der Waals surface area contributed by atoms with Crippen LogP contribution in [0.4, 0.5) is 0 Å². The Bertz CT molecular complexity index is 686. The third-order valence-electron chi connectivity index (χ3n) is 2.82. The molecular weight excluding hydrogens is 253 g/mol. The number of aromatic nitrogens is 1. The third-order valence-corrected chi connectivity index (χ3v) is 3.36. The van der Waals surface area contributed by atoms with Gasteiger partial charge in [-0.2, -0.15) is 0 Å². The molecule has 0 aliphatic carbocycles. The molecule has 0 atom stereocenters. The first-order valence-electron chi connectivity index (χ1n) is 5.27. The van der Waals surface area contributed by atoms with E-state index >= 15 is 0 Å². The fourth-order valence-electron chi connectivity index (χ4n) is 2.03. The van der Waals surface area contributed by atoms with Crippen molar-refractivity contribution in [3.05, 3.63) is 58.7 Å². The minimum atomic E-state index is 0.653. The van der Waals surface area contributed by atoms with Gasteiger partial charge in [0, 0.05) is 32.7 Å². The second-order valence-electron chi connectivity index (χ2n) is 3.87. The summed E-state index contributed by atoms with van der Waals surface area (Å²) in [6.45, 7) is 0. The van der Waals surface area contributed by atoms with E-state index in [0.29, 0.717) is 10.0 Å². The fraction of sp³-hybridized carbons (Fsp3) is 0. The Morgan fingerprint density at radius 3 is 2.59 bits per heavy atom. The third kappa shape index (κ3) is 1.82. The van der Waals surface area contributed by atoms with Gasteiger partial charge < -0.3 is 4.98 Å². The fourth-order valence-corrected chi connectivity index (χ4v) is 2.54. The van der Waals surface area contributed by atoms with Gasteiger partial charge in [-0.05, 0) is 29.8 Å². The number of rotatable bonds is 1. The van der Waals surface area contributed by atoms with Gasteiger partial charge in [0.2, 0.25) is 0 Å².